The first-order valence-electron chi connectivity index (χ1n) is 14.7. The van der Waals surface area contributed by atoms with Gasteiger partial charge in [-0.05, 0) is 66.5 Å². The molecule has 9 heteroatoms. The van der Waals surface area contributed by atoms with Gasteiger partial charge in [0.05, 0.1) is 25.4 Å². The SMILES string of the molecule is CCC(=S)C[C@@]1(c2cccc(F)c2F)CO[C@H](CC)[C@H]1CO.CCC(=S)C[C@@]1(c2ccccc2F)CO[C@H](C)[C@H]1CO. The number of hydrogen-bond acceptors (Lipinski definition) is 6. The lowest BCUT2D eigenvalue weighted by Gasteiger charge is -2.35. The number of aliphatic hydroxyl groups excluding tert-OH is 2. The maximum atomic E-state index is 14.4. The molecule has 0 unspecified atom stereocenters. The quantitative estimate of drug-likeness (QED) is 0.262. The zero-order valence-electron chi connectivity index (χ0n) is 24.9. The molecule has 2 heterocycles. The van der Waals surface area contributed by atoms with Crippen molar-refractivity contribution in [2.45, 2.75) is 82.8 Å². The van der Waals surface area contributed by atoms with Crippen molar-refractivity contribution in [1.82, 2.24) is 0 Å². The smallest absolute Gasteiger partial charge is 0.162 e. The molecule has 2 aromatic rings. The Balaban J connectivity index is 0.000000231. The van der Waals surface area contributed by atoms with Crippen LogP contribution in [0.4, 0.5) is 13.2 Å². The molecule has 0 spiro atoms. The second-order valence-corrected chi connectivity index (χ2v) is 12.5. The maximum Gasteiger partial charge on any atom is 0.162 e. The largest absolute Gasteiger partial charge is 0.396 e. The fourth-order valence-electron chi connectivity index (χ4n) is 6.62. The first-order valence-corrected chi connectivity index (χ1v) is 15.5. The van der Waals surface area contributed by atoms with E-state index in [-0.39, 0.29) is 55.2 Å². The third-order valence-electron chi connectivity index (χ3n) is 9.10. The molecule has 0 saturated carbocycles. The van der Waals surface area contributed by atoms with Crippen LogP contribution in [0.15, 0.2) is 42.5 Å². The molecule has 2 N–H and O–H groups in total. The molecule has 4 nitrogen and oxygen atoms in total. The van der Waals surface area contributed by atoms with E-state index in [0.717, 1.165) is 22.2 Å². The van der Waals surface area contributed by atoms with E-state index in [1.165, 1.54) is 12.1 Å². The Kier molecular flexibility index (Phi) is 12.7. The van der Waals surface area contributed by atoms with Crippen LogP contribution in [0.25, 0.3) is 0 Å². The van der Waals surface area contributed by atoms with Crippen LogP contribution in [0.1, 0.15) is 70.9 Å². The van der Waals surface area contributed by atoms with Gasteiger partial charge >= 0.3 is 0 Å². The summed E-state index contributed by atoms with van der Waals surface area (Å²) in [5, 5.41) is 19.6. The lowest BCUT2D eigenvalue weighted by atomic mass is 9.67. The summed E-state index contributed by atoms with van der Waals surface area (Å²) in [6.07, 6.45) is 2.90. The molecule has 0 aliphatic carbocycles. The van der Waals surface area contributed by atoms with Gasteiger partial charge in [-0.15, -0.1) is 0 Å². The Bertz CT molecular complexity index is 1230. The van der Waals surface area contributed by atoms with Crippen molar-refractivity contribution in [3.8, 4) is 0 Å². The zero-order valence-corrected chi connectivity index (χ0v) is 26.5. The minimum Gasteiger partial charge on any atom is -0.396 e. The van der Waals surface area contributed by atoms with Crippen LogP contribution in [0.5, 0.6) is 0 Å². The third-order valence-corrected chi connectivity index (χ3v) is 9.97. The van der Waals surface area contributed by atoms with E-state index in [1.54, 1.807) is 18.2 Å². The van der Waals surface area contributed by atoms with Crippen molar-refractivity contribution >= 4 is 34.2 Å². The number of aliphatic hydroxyl groups is 2. The minimum atomic E-state index is -0.879. The molecule has 0 aromatic heterocycles. The average Bonchev–Trinajstić information content (AvgIpc) is 3.51. The molecule has 0 amide bonds. The van der Waals surface area contributed by atoms with Crippen LogP contribution in [-0.2, 0) is 20.3 Å². The van der Waals surface area contributed by atoms with Gasteiger partial charge in [-0.25, -0.2) is 13.2 Å². The van der Waals surface area contributed by atoms with Gasteiger partial charge < -0.3 is 19.7 Å². The monoisotopic (exact) mass is 624 g/mol. The normalized spacial score (nSPS) is 28.8. The molecule has 4 rings (SSSR count). The molecule has 42 heavy (non-hydrogen) atoms. The van der Waals surface area contributed by atoms with Crippen LogP contribution in [-0.4, -0.2) is 58.6 Å². The van der Waals surface area contributed by atoms with Gasteiger partial charge in [0.25, 0.3) is 0 Å². The molecule has 0 radical (unpaired) electrons. The predicted molar refractivity (Wildman–Crippen MR) is 168 cm³/mol. The van der Waals surface area contributed by atoms with Gasteiger partial charge in [-0.1, -0.05) is 75.5 Å². The van der Waals surface area contributed by atoms with Crippen molar-refractivity contribution in [2.24, 2.45) is 11.8 Å². The Morgan fingerprint density at radius 2 is 1.31 bits per heavy atom. The summed E-state index contributed by atoms with van der Waals surface area (Å²) in [6.45, 7) is 8.33. The molecular formula is C33H43F3O4S2. The lowest BCUT2D eigenvalue weighted by molar-refractivity contribution is 0.0693. The highest BCUT2D eigenvalue weighted by Crippen LogP contribution is 2.47. The van der Waals surface area contributed by atoms with Gasteiger partial charge in [-0.3, -0.25) is 0 Å². The number of ether oxygens (including phenoxy) is 2. The second-order valence-electron chi connectivity index (χ2n) is 11.4. The van der Waals surface area contributed by atoms with E-state index < -0.39 is 22.5 Å². The summed E-state index contributed by atoms with van der Waals surface area (Å²) >= 11 is 10.7. The topological polar surface area (TPSA) is 58.9 Å². The molecule has 2 fully saturated rings. The Hall–Kier alpha value is -1.75. The van der Waals surface area contributed by atoms with Gasteiger partial charge in [0.1, 0.15) is 5.82 Å². The predicted octanol–water partition coefficient (Wildman–Crippen LogP) is 7.05. The average molecular weight is 625 g/mol. The Morgan fingerprint density at radius 1 is 0.786 bits per heavy atom. The third kappa shape index (κ3) is 6.97. The number of benzene rings is 2. The number of halogens is 3. The minimum absolute atomic E-state index is 0.0260. The summed E-state index contributed by atoms with van der Waals surface area (Å²) in [5.41, 5.74) is -0.473. The van der Waals surface area contributed by atoms with E-state index >= 15 is 0 Å². The van der Waals surface area contributed by atoms with Crippen LogP contribution < -0.4 is 0 Å². The summed E-state index contributed by atoms with van der Waals surface area (Å²) < 4.78 is 54.0. The summed E-state index contributed by atoms with van der Waals surface area (Å²) in [4.78, 5) is 1.67. The molecule has 0 bridgehead atoms. The van der Waals surface area contributed by atoms with Crippen molar-refractivity contribution < 1.29 is 32.9 Å². The molecule has 6 atom stereocenters. The second kappa shape index (κ2) is 15.3. The maximum absolute atomic E-state index is 14.4. The number of hydrogen-bond donors (Lipinski definition) is 2. The number of rotatable bonds is 11. The van der Waals surface area contributed by atoms with E-state index in [4.69, 9.17) is 33.9 Å². The zero-order chi connectivity index (χ0) is 31.1. The highest BCUT2D eigenvalue weighted by molar-refractivity contribution is 7.80. The van der Waals surface area contributed by atoms with Gasteiger partial charge in [0, 0.05) is 41.4 Å². The van der Waals surface area contributed by atoms with Gasteiger partial charge in [0.2, 0.25) is 0 Å². The van der Waals surface area contributed by atoms with E-state index in [0.29, 0.717) is 37.9 Å². The highest BCUT2D eigenvalue weighted by Gasteiger charge is 2.52. The molecule has 2 aliphatic heterocycles. The highest BCUT2D eigenvalue weighted by atomic mass is 32.1. The molecule has 2 aliphatic rings. The van der Waals surface area contributed by atoms with Crippen molar-refractivity contribution in [3.05, 3.63) is 71.0 Å². The first-order chi connectivity index (χ1) is 20.0. The van der Waals surface area contributed by atoms with Crippen molar-refractivity contribution in [1.29, 1.82) is 0 Å². The summed E-state index contributed by atoms with van der Waals surface area (Å²) in [6, 6.07) is 10.9. The lowest BCUT2D eigenvalue weighted by Crippen LogP contribution is -2.41. The van der Waals surface area contributed by atoms with Crippen LogP contribution in [0, 0.1) is 29.3 Å². The van der Waals surface area contributed by atoms with E-state index in [9.17, 15) is 23.4 Å². The fourth-order valence-corrected chi connectivity index (χ4v) is 7.14. The first kappa shape index (κ1) is 34.7. The van der Waals surface area contributed by atoms with Gasteiger partial charge in [0.15, 0.2) is 11.6 Å². The van der Waals surface area contributed by atoms with Crippen LogP contribution in [0.2, 0.25) is 0 Å². The summed E-state index contributed by atoms with van der Waals surface area (Å²) in [7, 11) is 0. The van der Waals surface area contributed by atoms with Crippen molar-refractivity contribution in [2.75, 3.05) is 26.4 Å². The van der Waals surface area contributed by atoms with E-state index in [2.05, 4.69) is 0 Å². The van der Waals surface area contributed by atoms with Crippen LogP contribution in [0.3, 0.4) is 0 Å². The van der Waals surface area contributed by atoms with Crippen LogP contribution >= 0.6 is 24.4 Å². The molecule has 232 valence electrons. The molecule has 2 aromatic carbocycles. The summed E-state index contributed by atoms with van der Waals surface area (Å²) in [5.74, 6) is -2.42. The number of thiocarbonyl (C=S) groups is 2. The molecular weight excluding hydrogens is 581 g/mol. The van der Waals surface area contributed by atoms with Crippen molar-refractivity contribution in [3.63, 3.8) is 0 Å². The fraction of sp³-hybridized carbons (Fsp3) is 0.576. The van der Waals surface area contributed by atoms with E-state index in [1.807, 2.05) is 33.8 Å². The molecule has 2 saturated heterocycles. The standard InChI is InChI=1S/C17H22F2O2S.C16H21FO2S/c1-3-11(22)8-17(10-21-15(4-2)13(17)9-20)12-6-5-7-14(18)16(12)19;1-3-12(20)8-16(10-19-11(2)14(16)9-18)13-6-4-5-7-15(13)17/h5-7,13,15,20H,3-4,8-10H2,1-2H3;4-7,11,14,18H,3,8-10H2,1-2H3/t13-,15-,17+;11-,14-,16+/m11/s1. The Morgan fingerprint density at radius 3 is 1.86 bits per heavy atom. The Labute approximate surface area is 258 Å². The van der Waals surface area contributed by atoms with Gasteiger partial charge in [-0.2, -0.15) is 0 Å².